The molecule has 0 fully saturated rings. The molecule has 1 rings (SSSR count). The van der Waals surface area contributed by atoms with Gasteiger partial charge in [0.25, 0.3) is 5.56 Å². The molecule has 0 spiro atoms. The Morgan fingerprint density at radius 1 is 1.64 bits per heavy atom. The number of aromatic nitrogens is 2. The average Bonchev–Trinajstić information content (AvgIpc) is 2.02. The van der Waals surface area contributed by atoms with E-state index in [1.807, 2.05) is 0 Å². The second-order valence-electron chi connectivity index (χ2n) is 3.41. The van der Waals surface area contributed by atoms with Gasteiger partial charge in [-0.05, 0) is 19.4 Å². The maximum Gasteiger partial charge on any atom is 0.330 e. The Balaban J connectivity index is 3.41. The van der Waals surface area contributed by atoms with Crippen molar-refractivity contribution in [1.82, 2.24) is 9.55 Å². The zero-order valence-electron chi connectivity index (χ0n) is 8.20. The van der Waals surface area contributed by atoms with E-state index < -0.39 is 16.9 Å². The molecule has 0 saturated heterocycles. The molecule has 0 radical (unpaired) electrons. The van der Waals surface area contributed by atoms with Gasteiger partial charge in [-0.25, -0.2) is 4.79 Å². The van der Waals surface area contributed by atoms with Gasteiger partial charge in [-0.15, -0.1) is 0 Å². The molecule has 1 heterocycles. The van der Waals surface area contributed by atoms with Crippen LogP contribution in [0.2, 0.25) is 0 Å². The predicted molar refractivity (Wildman–Crippen MR) is 54.0 cm³/mol. The first kappa shape index (κ1) is 10.5. The van der Waals surface area contributed by atoms with Gasteiger partial charge in [0.2, 0.25) is 0 Å². The number of H-pyrrole nitrogens is 1. The molecule has 14 heavy (non-hydrogen) atoms. The maximum absolute atomic E-state index is 11.4. The van der Waals surface area contributed by atoms with Gasteiger partial charge in [-0.1, -0.05) is 6.58 Å². The number of hydrogen-bond donors (Lipinski definition) is 2. The minimum absolute atomic E-state index is 0.441. The number of rotatable bonds is 2. The van der Waals surface area contributed by atoms with Crippen molar-refractivity contribution < 1.29 is 0 Å². The summed E-state index contributed by atoms with van der Waals surface area (Å²) in [5.41, 5.74) is 4.54. The number of nitrogens with zero attached hydrogens (tertiary/aromatic N) is 1. The van der Waals surface area contributed by atoms with Crippen molar-refractivity contribution in [2.24, 2.45) is 5.73 Å². The monoisotopic (exact) mass is 195 g/mol. The molecular weight excluding hydrogens is 182 g/mol. The van der Waals surface area contributed by atoms with Crippen LogP contribution in [0.15, 0.2) is 34.0 Å². The predicted octanol–water partition coefficient (Wildman–Crippen LogP) is -0.256. The van der Waals surface area contributed by atoms with Crippen molar-refractivity contribution in [3.05, 3.63) is 45.3 Å². The summed E-state index contributed by atoms with van der Waals surface area (Å²) in [4.78, 5) is 24.3. The van der Waals surface area contributed by atoms with Crippen LogP contribution in [0.5, 0.6) is 0 Å². The summed E-state index contributed by atoms with van der Waals surface area (Å²) in [5, 5.41) is 0. The summed E-state index contributed by atoms with van der Waals surface area (Å²) < 4.78 is 1.23. The lowest BCUT2D eigenvalue weighted by atomic mass is 10.1. The van der Waals surface area contributed by atoms with Gasteiger partial charge in [-0.2, -0.15) is 0 Å². The summed E-state index contributed by atoms with van der Waals surface area (Å²) in [5.74, 6) is 0. The van der Waals surface area contributed by atoms with E-state index in [4.69, 9.17) is 5.73 Å². The van der Waals surface area contributed by atoms with Gasteiger partial charge in [0.15, 0.2) is 0 Å². The summed E-state index contributed by atoms with van der Waals surface area (Å²) in [7, 11) is 0. The van der Waals surface area contributed by atoms with Crippen molar-refractivity contribution in [3.63, 3.8) is 0 Å². The van der Waals surface area contributed by atoms with E-state index in [9.17, 15) is 9.59 Å². The smallest absolute Gasteiger partial charge is 0.305 e. The Kier molecular flexibility index (Phi) is 2.44. The Morgan fingerprint density at radius 2 is 2.21 bits per heavy atom. The molecule has 0 bridgehead atoms. The molecule has 1 aromatic heterocycles. The fraction of sp³-hybridized carbons (Fsp3) is 0.333. The van der Waals surface area contributed by atoms with Crippen LogP contribution in [0.1, 0.15) is 13.8 Å². The fourth-order valence-electron chi connectivity index (χ4n) is 0.989. The number of nitrogens with one attached hydrogen (secondary N) is 1. The first-order chi connectivity index (χ1) is 6.35. The third-order valence-corrected chi connectivity index (χ3v) is 2.19. The van der Waals surface area contributed by atoms with Crippen LogP contribution < -0.4 is 17.0 Å². The lowest BCUT2D eigenvalue weighted by molar-refractivity contribution is 0.381. The van der Waals surface area contributed by atoms with E-state index in [0.717, 1.165) is 0 Å². The maximum atomic E-state index is 11.4. The quantitative estimate of drug-likeness (QED) is 0.638. The van der Waals surface area contributed by atoms with Gasteiger partial charge in [0.1, 0.15) is 5.66 Å². The summed E-state index contributed by atoms with van der Waals surface area (Å²) in [6.45, 7) is 7.06. The Morgan fingerprint density at radius 3 is 2.64 bits per heavy atom. The summed E-state index contributed by atoms with van der Waals surface area (Å²) in [6.07, 6.45) is 1.36. The van der Waals surface area contributed by atoms with E-state index in [1.54, 1.807) is 13.8 Å². The fourth-order valence-corrected chi connectivity index (χ4v) is 0.989. The van der Waals surface area contributed by atoms with Crippen LogP contribution in [0.4, 0.5) is 0 Å². The highest BCUT2D eigenvalue weighted by atomic mass is 16.2. The molecule has 0 aliphatic rings. The standard InChI is InChI=1S/C9H13N3O2/c1-6(2)9(3,10)12-5-4-7(13)11-8(12)14/h4-5H,1,10H2,2-3H3,(H,11,13,14). The molecule has 0 amide bonds. The molecule has 5 nitrogen and oxygen atoms in total. The van der Waals surface area contributed by atoms with E-state index in [-0.39, 0.29) is 0 Å². The molecule has 1 unspecified atom stereocenters. The molecule has 0 aliphatic heterocycles. The zero-order valence-corrected chi connectivity index (χ0v) is 8.20. The van der Waals surface area contributed by atoms with Gasteiger partial charge in [-0.3, -0.25) is 14.3 Å². The minimum atomic E-state index is -0.985. The van der Waals surface area contributed by atoms with Crippen LogP contribution >= 0.6 is 0 Å². The first-order valence-electron chi connectivity index (χ1n) is 4.13. The van der Waals surface area contributed by atoms with Crippen molar-refractivity contribution in [2.75, 3.05) is 0 Å². The minimum Gasteiger partial charge on any atom is -0.305 e. The molecule has 0 saturated carbocycles. The highest BCUT2D eigenvalue weighted by molar-refractivity contribution is 5.08. The second-order valence-corrected chi connectivity index (χ2v) is 3.41. The van der Waals surface area contributed by atoms with Crippen LogP contribution in [0, 0.1) is 0 Å². The lowest BCUT2D eigenvalue weighted by Gasteiger charge is -2.27. The molecule has 1 atom stereocenters. The van der Waals surface area contributed by atoms with Gasteiger partial charge >= 0.3 is 5.69 Å². The third kappa shape index (κ3) is 1.67. The molecule has 5 heteroatoms. The van der Waals surface area contributed by atoms with Gasteiger partial charge in [0.05, 0.1) is 0 Å². The summed E-state index contributed by atoms with van der Waals surface area (Å²) >= 11 is 0. The second kappa shape index (κ2) is 3.26. The zero-order chi connectivity index (χ0) is 10.9. The Bertz CT molecular complexity index is 467. The van der Waals surface area contributed by atoms with Crippen molar-refractivity contribution in [1.29, 1.82) is 0 Å². The highest BCUT2D eigenvalue weighted by Gasteiger charge is 2.22. The topological polar surface area (TPSA) is 80.9 Å². The van der Waals surface area contributed by atoms with Crippen LogP contribution in [0.3, 0.4) is 0 Å². The van der Waals surface area contributed by atoms with Crippen molar-refractivity contribution >= 4 is 0 Å². The number of nitrogens with two attached hydrogens (primary N) is 1. The molecule has 1 aromatic rings. The molecular formula is C9H13N3O2. The third-order valence-electron chi connectivity index (χ3n) is 2.19. The van der Waals surface area contributed by atoms with Crippen molar-refractivity contribution in [3.8, 4) is 0 Å². The van der Waals surface area contributed by atoms with Crippen LogP contribution in [-0.2, 0) is 5.66 Å². The lowest BCUT2D eigenvalue weighted by Crippen LogP contribution is -2.48. The van der Waals surface area contributed by atoms with Gasteiger partial charge in [0, 0.05) is 12.3 Å². The van der Waals surface area contributed by atoms with Gasteiger partial charge < -0.3 is 5.73 Å². The number of hydrogen-bond acceptors (Lipinski definition) is 3. The average molecular weight is 195 g/mol. The summed E-state index contributed by atoms with van der Waals surface area (Å²) in [6, 6.07) is 1.25. The van der Waals surface area contributed by atoms with E-state index >= 15 is 0 Å². The van der Waals surface area contributed by atoms with E-state index in [2.05, 4.69) is 11.6 Å². The first-order valence-corrected chi connectivity index (χ1v) is 4.13. The molecule has 0 aromatic carbocycles. The largest absolute Gasteiger partial charge is 0.330 e. The van der Waals surface area contributed by atoms with E-state index in [1.165, 1.54) is 16.8 Å². The molecule has 0 aliphatic carbocycles. The molecule has 76 valence electrons. The SMILES string of the molecule is C=C(C)C(C)(N)n1ccc(=O)[nH]c1=O. The number of aromatic amines is 1. The Hall–Kier alpha value is -1.62. The normalized spacial score (nSPS) is 14.8. The molecule has 3 N–H and O–H groups in total. The highest BCUT2D eigenvalue weighted by Crippen LogP contribution is 2.13. The van der Waals surface area contributed by atoms with Crippen molar-refractivity contribution in [2.45, 2.75) is 19.5 Å². The van der Waals surface area contributed by atoms with Crippen LogP contribution in [0.25, 0.3) is 0 Å². The van der Waals surface area contributed by atoms with Crippen LogP contribution in [-0.4, -0.2) is 9.55 Å². The Labute approximate surface area is 80.9 Å². The van der Waals surface area contributed by atoms with E-state index in [0.29, 0.717) is 5.57 Å².